The van der Waals surface area contributed by atoms with Crippen molar-refractivity contribution in [3.05, 3.63) is 172 Å². The molecule has 0 saturated heterocycles. The van der Waals surface area contributed by atoms with Gasteiger partial charge in [0, 0.05) is 61.8 Å². The van der Waals surface area contributed by atoms with E-state index in [1.807, 2.05) is 41.3 Å². The number of carbonyl (C=O) groups is 1. The van der Waals surface area contributed by atoms with Crippen LogP contribution in [0.1, 0.15) is 112 Å². The lowest BCUT2D eigenvalue weighted by molar-refractivity contribution is -0.384. The monoisotopic (exact) mass is 993 g/mol. The normalized spacial score (nSPS) is 22.8. The Bertz CT molecular complexity index is 2770. The largest absolute Gasteiger partial charge is 0.489 e. The van der Waals surface area contributed by atoms with Gasteiger partial charge in [0.15, 0.2) is 0 Å². The fraction of sp³-hybridized carbons (Fsp3) is 0.433. The van der Waals surface area contributed by atoms with E-state index in [0.29, 0.717) is 53.5 Å². The third-order valence-corrected chi connectivity index (χ3v) is 15.7. The SMILES string of the molecule is C=CCO[C@@]12Oc3ccc(OCc4ccccc4F)cc3[C@H]3[C@H](CCCCO)[C@@H](CCCCO)C=C(C(=NOCc4ccc([N+](=O)[O-])cc4)C[C@@H]1N(Cc1cccc4ccccc14)C(=O)CCC1CCCC1)[C@H]32. The number of aliphatic hydroxyl groups is 2. The number of non-ortho nitro benzene ring substituents is 1. The van der Waals surface area contributed by atoms with Crippen LogP contribution in [0.2, 0.25) is 0 Å². The van der Waals surface area contributed by atoms with Crippen molar-refractivity contribution in [2.75, 3.05) is 19.8 Å². The average molecular weight is 994 g/mol. The van der Waals surface area contributed by atoms with Gasteiger partial charge in [-0.15, -0.1) is 6.58 Å². The Balaban J connectivity index is 1.23. The van der Waals surface area contributed by atoms with E-state index in [4.69, 9.17) is 24.2 Å². The summed E-state index contributed by atoms with van der Waals surface area (Å²) in [6.45, 7) is 4.66. The van der Waals surface area contributed by atoms with Gasteiger partial charge in [0.2, 0.25) is 11.7 Å². The smallest absolute Gasteiger partial charge is 0.269 e. The average Bonchev–Trinajstić information content (AvgIpc) is 3.94. The van der Waals surface area contributed by atoms with E-state index in [1.165, 1.54) is 31.0 Å². The summed E-state index contributed by atoms with van der Waals surface area (Å²) in [5.74, 6) is -1.15. The summed E-state index contributed by atoms with van der Waals surface area (Å²) in [4.78, 5) is 34.9. The Labute approximate surface area is 427 Å². The number of aliphatic hydroxyl groups excluding tert-OH is 2. The predicted molar refractivity (Wildman–Crippen MR) is 279 cm³/mol. The standard InChI is InChI=1S/C60H68FN3O9/c1-2-34-71-60-56(63(57(67)31-26-41-14-3-4-15-41)38-45-20-13-19-43-16-5-7-21-49(43)45)37-54(62-72-39-42-24-27-47(28-25-42)64(68)69)51-35-44(17-9-11-32-65)50(22-10-12-33-66)58(59(51)60)52-36-48(29-30-55(52)73-60)70-40-46-18-6-8-23-53(46)61/h2,5-8,13,16,18-21,23-25,27-30,35-36,41,44,50,56,58-59,65-66H,1,3-4,9-12,14-15,17,22,26,31-34,37-40H2/t44-,50+,56-,58+,59+,60+/m0/s1. The second kappa shape index (κ2) is 24.1. The number of allylic oxidation sites excluding steroid dienone is 1. The summed E-state index contributed by atoms with van der Waals surface area (Å²) in [6, 6.07) is 32.2. The van der Waals surface area contributed by atoms with E-state index in [-0.39, 0.29) is 81.2 Å². The summed E-state index contributed by atoms with van der Waals surface area (Å²) in [7, 11) is 0. The number of unbranched alkanes of at least 4 members (excludes halogenated alkanes) is 2. The van der Waals surface area contributed by atoms with Gasteiger partial charge < -0.3 is 34.2 Å². The number of halogens is 1. The lowest BCUT2D eigenvalue weighted by Crippen LogP contribution is -2.70. The van der Waals surface area contributed by atoms with E-state index in [0.717, 1.165) is 72.4 Å². The zero-order chi connectivity index (χ0) is 50.7. The summed E-state index contributed by atoms with van der Waals surface area (Å²) < 4.78 is 36.2. The first-order valence-corrected chi connectivity index (χ1v) is 26.3. The number of fused-ring (bicyclic) bond motifs is 3. The minimum Gasteiger partial charge on any atom is -0.489 e. The first-order chi connectivity index (χ1) is 35.7. The molecule has 5 aromatic rings. The van der Waals surface area contributed by atoms with E-state index in [1.54, 1.807) is 36.4 Å². The predicted octanol–water partition coefficient (Wildman–Crippen LogP) is 12.3. The Morgan fingerprint density at radius 2 is 1.63 bits per heavy atom. The van der Waals surface area contributed by atoms with Crippen LogP contribution in [0.5, 0.6) is 11.5 Å². The van der Waals surface area contributed by atoms with Crippen molar-refractivity contribution >= 4 is 28.1 Å². The fourth-order valence-corrected chi connectivity index (χ4v) is 12.2. The molecule has 6 atom stereocenters. The van der Waals surface area contributed by atoms with Gasteiger partial charge in [0.25, 0.3) is 5.69 Å². The molecule has 3 aliphatic carbocycles. The number of hydrogen-bond acceptors (Lipinski definition) is 10. The molecule has 0 bridgehead atoms. The molecule has 2 saturated carbocycles. The number of oxime groups is 1. The zero-order valence-electron chi connectivity index (χ0n) is 41.6. The van der Waals surface area contributed by atoms with Crippen molar-refractivity contribution in [3.63, 3.8) is 0 Å². The van der Waals surface area contributed by atoms with Gasteiger partial charge >= 0.3 is 0 Å². The Morgan fingerprint density at radius 1 is 0.890 bits per heavy atom. The van der Waals surface area contributed by atoms with Crippen molar-refractivity contribution in [1.29, 1.82) is 0 Å². The molecule has 4 aliphatic rings. The van der Waals surface area contributed by atoms with Crippen LogP contribution in [0.4, 0.5) is 10.1 Å². The number of hydrogen-bond donors (Lipinski definition) is 2. The van der Waals surface area contributed by atoms with Gasteiger partial charge in [-0.05, 0) is 114 Å². The Kier molecular flexibility index (Phi) is 17.0. The van der Waals surface area contributed by atoms with E-state index >= 15 is 4.79 Å². The van der Waals surface area contributed by atoms with Gasteiger partial charge in [0.05, 0.1) is 23.2 Å². The quantitative estimate of drug-likeness (QED) is 0.0266. The first-order valence-electron chi connectivity index (χ1n) is 26.3. The number of nitro benzene ring substituents is 1. The molecular weight excluding hydrogens is 926 g/mol. The number of benzene rings is 5. The number of carbonyl (C=O) groups excluding carboxylic acids is 1. The zero-order valence-corrected chi connectivity index (χ0v) is 41.6. The van der Waals surface area contributed by atoms with Crippen LogP contribution in [0, 0.1) is 39.6 Å². The summed E-state index contributed by atoms with van der Waals surface area (Å²) >= 11 is 0. The highest BCUT2D eigenvalue weighted by atomic mass is 19.1. The lowest BCUT2D eigenvalue weighted by Gasteiger charge is -2.60. The lowest BCUT2D eigenvalue weighted by atomic mass is 9.55. The molecule has 384 valence electrons. The molecule has 0 aromatic heterocycles. The van der Waals surface area contributed by atoms with Crippen LogP contribution >= 0.6 is 0 Å². The first kappa shape index (κ1) is 51.5. The highest BCUT2D eigenvalue weighted by Gasteiger charge is 2.65. The number of amides is 1. The topological polar surface area (TPSA) is 153 Å². The number of rotatable bonds is 24. The number of nitrogens with zero attached hydrogens (tertiary/aromatic N) is 3. The number of nitro groups is 1. The highest BCUT2D eigenvalue weighted by Crippen LogP contribution is 2.62. The van der Waals surface area contributed by atoms with Crippen LogP contribution in [0.3, 0.4) is 0 Å². The molecule has 1 aliphatic heterocycles. The van der Waals surface area contributed by atoms with Gasteiger partial charge in [-0.25, -0.2) is 4.39 Å². The van der Waals surface area contributed by atoms with E-state index < -0.39 is 22.7 Å². The van der Waals surface area contributed by atoms with E-state index in [2.05, 4.69) is 36.9 Å². The van der Waals surface area contributed by atoms with Crippen LogP contribution in [0.25, 0.3) is 10.8 Å². The molecule has 2 fully saturated rings. The van der Waals surface area contributed by atoms with Crippen molar-refractivity contribution in [2.24, 2.45) is 28.8 Å². The minimum atomic E-state index is -1.48. The Morgan fingerprint density at radius 3 is 2.40 bits per heavy atom. The maximum absolute atomic E-state index is 15.6. The van der Waals surface area contributed by atoms with Gasteiger partial charge in [-0.2, -0.15) is 0 Å². The van der Waals surface area contributed by atoms with Gasteiger partial charge in [-0.3, -0.25) is 14.9 Å². The second-order valence-electron chi connectivity index (χ2n) is 20.2. The van der Waals surface area contributed by atoms with Crippen LogP contribution < -0.4 is 9.47 Å². The van der Waals surface area contributed by atoms with Crippen molar-refractivity contribution in [2.45, 2.75) is 121 Å². The molecular formula is C60H68FN3O9. The molecule has 12 nitrogen and oxygen atoms in total. The molecule has 1 amide bonds. The summed E-state index contributed by atoms with van der Waals surface area (Å²) in [5.41, 5.74) is 4.50. The molecule has 0 unspecified atom stereocenters. The maximum Gasteiger partial charge on any atom is 0.269 e. The van der Waals surface area contributed by atoms with Gasteiger partial charge in [0.1, 0.15) is 36.6 Å². The van der Waals surface area contributed by atoms with Crippen molar-refractivity contribution in [3.8, 4) is 11.5 Å². The molecule has 9 rings (SSSR count). The summed E-state index contributed by atoms with van der Waals surface area (Å²) in [5, 5.41) is 38.8. The fourth-order valence-electron chi connectivity index (χ4n) is 12.2. The van der Waals surface area contributed by atoms with Crippen molar-refractivity contribution < 1.29 is 43.4 Å². The summed E-state index contributed by atoms with van der Waals surface area (Å²) in [6.07, 6.45) is 14.2. The molecule has 1 heterocycles. The molecule has 0 radical (unpaired) electrons. The van der Waals surface area contributed by atoms with Crippen LogP contribution in [-0.2, 0) is 34.1 Å². The molecule has 5 aromatic carbocycles. The molecule has 13 heteroatoms. The second-order valence-corrected chi connectivity index (χ2v) is 20.2. The molecule has 2 N–H and O–H groups in total. The number of ether oxygens (including phenoxy) is 3. The Hall–Kier alpha value is -6.41. The van der Waals surface area contributed by atoms with E-state index in [9.17, 15) is 24.7 Å². The highest BCUT2D eigenvalue weighted by molar-refractivity contribution is 6.03. The molecule has 0 spiro atoms. The van der Waals surface area contributed by atoms with Crippen LogP contribution in [-0.4, -0.2) is 63.3 Å². The molecule has 73 heavy (non-hydrogen) atoms. The van der Waals surface area contributed by atoms with Gasteiger partial charge in [-0.1, -0.05) is 116 Å². The maximum atomic E-state index is 15.6. The third-order valence-electron chi connectivity index (χ3n) is 15.7. The third kappa shape index (κ3) is 11.5. The van der Waals surface area contributed by atoms with Crippen molar-refractivity contribution in [1.82, 2.24) is 4.90 Å². The van der Waals surface area contributed by atoms with Crippen LogP contribution in [0.15, 0.2) is 139 Å². The minimum absolute atomic E-state index is 0.00925.